The van der Waals surface area contributed by atoms with E-state index in [2.05, 4.69) is 27.7 Å². The molecule has 0 aliphatic carbocycles. The molecule has 0 atom stereocenters. The molecule has 0 rings (SSSR count). The molecule has 0 aromatic carbocycles. The molecule has 0 aliphatic heterocycles. The zero-order chi connectivity index (χ0) is 14.4. The van der Waals surface area contributed by atoms with Crippen molar-refractivity contribution in [1.82, 2.24) is 0 Å². The van der Waals surface area contributed by atoms with E-state index in [-0.39, 0.29) is 0 Å². The molecule has 0 aliphatic rings. The summed E-state index contributed by atoms with van der Waals surface area (Å²) in [5.41, 5.74) is 0. The van der Waals surface area contributed by atoms with Gasteiger partial charge in [0.2, 0.25) is 0 Å². The summed E-state index contributed by atoms with van der Waals surface area (Å²) >= 11 is 0. The second-order valence-corrected chi connectivity index (χ2v) is 10.1. The van der Waals surface area contributed by atoms with Gasteiger partial charge in [-0.25, -0.2) is 0 Å². The topological polar surface area (TPSA) is 9.23 Å². The molecule has 19 heavy (non-hydrogen) atoms. The normalized spacial score (nSPS) is 12.0. The van der Waals surface area contributed by atoms with Crippen LogP contribution < -0.4 is 0 Å². The summed E-state index contributed by atoms with van der Waals surface area (Å²) in [5, 5.41) is 0. The molecule has 0 unspecified atom stereocenters. The number of hydrogen-bond acceptors (Lipinski definition) is 1. The Kier molecular flexibility index (Phi) is 13.3. The van der Waals surface area contributed by atoms with Crippen molar-refractivity contribution in [3.63, 3.8) is 0 Å². The van der Waals surface area contributed by atoms with E-state index in [1.165, 1.54) is 75.9 Å². The van der Waals surface area contributed by atoms with Crippen molar-refractivity contribution in [2.45, 2.75) is 104 Å². The molecule has 0 fully saturated rings. The summed E-state index contributed by atoms with van der Waals surface area (Å²) < 4.78 is 6.41. The average molecular weight is 287 g/mol. The Hall–Kier alpha value is 0.177. The summed E-state index contributed by atoms with van der Waals surface area (Å²) in [5.74, 6) is 0. The van der Waals surface area contributed by atoms with Gasteiger partial charge in [0, 0.05) is 6.61 Å². The standard InChI is InChI=1S/C17H38OSi/c1-5-9-12-15-19(18-8-4,16-13-10-6-2)17-14-11-7-3/h5-17H2,1-4H3. The van der Waals surface area contributed by atoms with Gasteiger partial charge in [-0.05, 0) is 25.1 Å². The highest BCUT2D eigenvalue weighted by molar-refractivity contribution is 6.73. The average Bonchev–Trinajstić information content (AvgIpc) is 2.40. The molecule has 0 aromatic rings. The molecule has 2 heteroatoms. The molecule has 0 amide bonds. The Labute approximate surface area is 123 Å². The van der Waals surface area contributed by atoms with E-state index in [0.29, 0.717) is 0 Å². The van der Waals surface area contributed by atoms with Gasteiger partial charge in [0.1, 0.15) is 0 Å². The number of hydrogen-bond donors (Lipinski definition) is 0. The van der Waals surface area contributed by atoms with Crippen LogP contribution in [0.2, 0.25) is 18.1 Å². The predicted molar refractivity (Wildman–Crippen MR) is 90.4 cm³/mol. The van der Waals surface area contributed by atoms with Crippen LogP contribution in [0.4, 0.5) is 0 Å². The van der Waals surface area contributed by atoms with Gasteiger partial charge in [-0.15, -0.1) is 0 Å². The van der Waals surface area contributed by atoms with Crippen LogP contribution in [0.3, 0.4) is 0 Å². The molecule has 0 N–H and O–H groups in total. The summed E-state index contributed by atoms with van der Waals surface area (Å²) in [6.45, 7) is 10.0. The summed E-state index contributed by atoms with van der Waals surface area (Å²) in [4.78, 5) is 0. The van der Waals surface area contributed by atoms with E-state index in [9.17, 15) is 0 Å². The first kappa shape index (κ1) is 19.2. The third kappa shape index (κ3) is 9.67. The summed E-state index contributed by atoms with van der Waals surface area (Å²) in [7, 11) is -1.41. The molecule has 0 bridgehead atoms. The lowest BCUT2D eigenvalue weighted by molar-refractivity contribution is 0.313. The van der Waals surface area contributed by atoms with Gasteiger partial charge in [-0.1, -0.05) is 78.6 Å². The van der Waals surface area contributed by atoms with Crippen molar-refractivity contribution >= 4 is 8.32 Å². The quantitative estimate of drug-likeness (QED) is 0.260. The Morgan fingerprint density at radius 3 is 1.21 bits per heavy atom. The first-order chi connectivity index (χ1) is 9.24. The first-order valence-electron chi connectivity index (χ1n) is 8.88. The molecule has 0 saturated carbocycles. The van der Waals surface area contributed by atoms with E-state index in [1.54, 1.807) is 0 Å². The van der Waals surface area contributed by atoms with Crippen LogP contribution in [-0.2, 0) is 4.43 Å². The highest BCUT2D eigenvalue weighted by Crippen LogP contribution is 2.30. The SMILES string of the molecule is CCCCC[Si](CCCCC)(CCCCC)OCC. The van der Waals surface area contributed by atoms with Crippen molar-refractivity contribution in [3.05, 3.63) is 0 Å². The molecular weight excluding hydrogens is 248 g/mol. The smallest absolute Gasteiger partial charge is 0.192 e. The lowest BCUT2D eigenvalue weighted by atomic mass is 10.3. The fraction of sp³-hybridized carbons (Fsp3) is 1.00. The Balaban J connectivity index is 4.37. The molecule has 0 saturated heterocycles. The highest BCUT2D eigenvalue weighted by atomic mass is 28.4. The zero-order valence-electron chi connectivity index (χ0n) is 14.1. The van der Waals surface area contributed by atoms with Crippen LogP contribution >= 0.6 is 0 Å². The van der Waals surface area contributed by atoms with E-state index in [0.717, 1.165) is 6.61 Å². The largest absolute Gasteiger partial charge is 0.417 e. The maximum absolute atomic E-state index is 6.41. The van der Waals surface area contributed by atoms with Gasteiger partial charge in [-0.3, -0.25) is 0 Å². The van der Waals surface area contributed by atoms with Crippen LogP contribution in [0, 0.1) is 0 Å². The molecule has 0 radical (unpaired) electrons. The van der Waals surface area contributed by atoms with E-state index in [4.69, 9.17) is 4.43 Å². The highest BCUT2D eigenvalue weighted by Gasteiger charge is 2.32. The fourth-order valence-electron chi connectivity index (χ4n) is 2.99. The molecule has 0 heterocycles. The number of rotatable bonds is 14. The van der Waals surface area contributed by atoms with Crippen LogP contribution in [-0.4, -0.2) is 14.9 Å². The Morgan fingerprint density at radius 1 is 0.579 bits per heavy atom. The lowest BCUT2D eigenvalue weighted by Gasteiger charge is -2.31. The van der Waals surface area contributed by atoms with Crippen molar-refractivity contribution in [3.8, 4) is 0 Å². The van der Waals surface area contributed by atoms with Gasteiger partial charge in [-0.2, -0.15) is 0 Å². The second-order valence-electron chi connectivity index (χ2n) is 5.99. The molecule has 0 aromatic heterocycles. The molecular formula is C17H38OSi. The Morgan fingerprint density at radius 2 is 0.947 bits per heavy atom. The molecule has 1 nitrogen and oxygen atoms in total. The monoisotopic (exact) mass is 286 g/mol. The molecule has 0 spiro atoms. The molecule has 116 valence electrons. The van der Waals surface area contributed by atoms with Gasteiger partial charge >= 0.3 is 0 Å². The third-order valence-electron chi connectivity index (χ3n) is 4.16. The van der Waals surface area contributed by atoms with E-state index >= 15 is 0 Å². The summed E-state index contributed by atoms with van der Waals surface area (Å²) in [6.07, 6.45) is 12.4. The van der Waals surface area contributed by atoms with Crippen molar-refractivity contribution in [2.24, 2.45) is 0 Å². The van der Waals surface area contributed by atoms with Gasteiger partial charge < -0.3 is 4.43 Å². The van der Waals surface area contributed by atoms with Crippen LogP contribution in [0.5, 0.6) is 0 Å². The Bertz CT molecular complexity index is 156. The zero-order valence-corrected chi connectivity index (χ0v) is 15.1. The van der Waals surface area contributed by atoms with Crippen LogP contribution in [0.25, 0.3) is 0 Å². The van der Waals surface area contributed by atoms with Crippen molar-refractivity contribution in [1.29, 1.82) is 0 Å². The third-order valence-corrected chi connectivity index (χ3v) is 8.85. The van der Waals surface area contributed by atoms with Crippen LogP contribution in [0.15, 0.2) is 0 Å². The van der Waals surface area contributed by atoms with Crippen molar-refractivity contribution in [2.75, 3.05) is 6.61 Å². The number of unbranched alkanes of at least 4 members (excludes halogenated alkanes) is 6. The minimum atomic E-state index is -1.41. The first-order valence-corrected chi connectivity index (χ1v) is 11.4. The fourth-order valence-corrected chi connectivity index (χ4v) is 7.47. The maximum Gasteiger partial charge on any atom is 0.192 e. The minimum Gasteiger partial charge on any atom is -0.417 e. The van der Waals surface area contributed by atoms with E-state index in [1.807, 2.05) is 0 Å². The van der Waals surface area contributed by atoms with Crippen molar-refractivity contribution < 1.29 is 4.43 Å². The van der Waals surface area contributed by atoms with E-state index < -0.39 is 8.32 Å². The minimum absolute atomic E-state index is 0.941. The van der Waals surface area contributed by atoms with Gasteiger partial charge in [0.25, 0.3) is 0 Å². The predicted octanol–water partition coefficient (Wildman–Crippen LogP) is 6.54. The summed E-state index contributed by atoms with van der Waals surface area (Å²) in [6, 6.07) is 4.26. The maximum atomic E-state index is 6.41. The van der Waals surface area contributed by atoms with Crippen LogP contribution in [0.1, 0.15) is 85.5 Å². The van der Waals surface area contributed by atoms with Gasteiger partial charge in [0.05, 0.1) is 0 Å². The van der Waals surface area contributed by atoms with Gasteiger partial charge in [0.15, 0.2) is 8.32 Å². The lowest BCUT2D eigenvalue weighted by Crippen LogP contribution is -2.38. The second kappa shape index (κ2) is 13.2.